The van der Waals surface area contributed by atoms with E-state index in [4.69, 9.17) is 11.5 Å². The Bertz CT molecular complexity index is 2930. The maximum Gasteiger partial charge on any atom is 0.217 e. The molecule has 20 nitrogen and oxygen atoms in total. The lowest BCUT2D eigenvalue weighted by atomic mass is 9.93. The molecule has 302 valence electrons. The van der Waals surface area contributed by atoms with E-state index >= 15 is 0 Å². The van der Waals surface area contributed by atoms with Crippen molar-refractivity contribution in [3.05, 3.63) is 104 Å². The lowest BCUT2D eigenvalue weighted by Crippen LogP contribution is -2.28. The van der Waals surface area contributed by atoms with Crippen LogP contribution < -0.4 is 22.3 Å². The van der Waals surface area contributed by atoms with Gasteiger partial charge >= 0.3 is 0 Å². The molecule has 0 radical (unpaired) electrons. The van der Waals surface area contributed by atoms with Crippen LogP contribution in [0.5, 0.6) is 0 Å². The Morgan fingerprint density at radius 3 is 1.16 bits per heavy atom. The zero-order valence-electron chi connectivity index (χ0n) is 29.3. The van der Waals surface area contributed by atoms with Gasteiger partial charge in [-0.25, -0.2) is 33.7 Å². The van der Waals surface area contributed by atoms with Crippen molar-refractivity contribution >= 4 is 98.4 Å². The van der Waals surface area contributed by atoms with E-state index in [2.05, 4.69) is 21.1 Å². The first-order valence-electron chi connectivity index (χ1n) is 15.9. The molecule has 0 amide bonds. The molecule has 0 spiro atoms. The van der Waals surface area contributed by atoms with Crippen molar-refractivity contribution < 1.29 is 61.5 Å². The van der Waals surface area contributed by atoms with Gasteiger partial charge in [-0.05, 0) is 108 Å². The Hall–Kier alpha value is -6.12. The Labute approximate surface area is 329 Å². The molecule has 58 heavy (non-hydrogen) atoms. The second-order valence-corrected chi connectivity index (χ2v) is 18.1. The van der Waals surface area contributed by atoms with Gasteiger partial charge in [-0.3, -0.25) is 20.4 Å². The van der Waals surface area contributed by atoms with E-state index < -0.39 is 94.4 Å². The van der Waals surface area contributed by atoms with E-state index in [1.54, 1.807) is 38.1 Å². The minimum Gasteiger partial charge on any atom is -0.744 e. The van der Waals surface area contributed by atoms with Crippen LogP contribution in [0.4, 0.5) is 22.7 Å². The summed E-state index contributed by atoms with van der Waals surface area (Å²) in [5.74, 6) is -2.27. The normalized spacial score (nSPS) is 16.1. The minimum absolute atomic E-state index is 0.256. The maximum atomic E-state index is 13.3. The number of aryl methyl sites for hydroxylation is 2. The van der Waals surface area contributed by atoms with E-state index in [1.165, 1.54) is 12.1 Å². The van der Waals surface area contributed by atoms with Gasteiger partial charge in [0.15, 0.2) is 0 Å². The number of anilines is 4. The molecular weight excluding hydrogens is 845 g/mol. The number of nitrogens with zero attached hydrogens (tertiary/aromatic N) is 2. The lowest BCUT2D eigenvalue weighted by molar-refractivity contribution is 0.105. The summed E-state index contributed by atoms with van der Waals surface area (Å²) < 4.78 is 142. The number of benzene rings is 4. The van der Waals surface area contributed by atoms with Crippen molar-refractivity contribution in [2.24, 2.45) is 10.2 Å². The molecule has 4 aromatic carbocycles. The molecule has 2 aliphatic rings. The summed E-state index contributed by atoms with van der Waals surface area (Å²) in [4.78, 5) is 22.8. The van der Waals surface area contributed by atoms with Crippen LogP contribution in [0.15, 0.2) is 90.5 Å². The van der Waals surface area contributed by atoms with Gasteiger partial charge in [0, 0.05) is 11.4 Å². The van der Waals surface area contributed by atoms with Gasteiger partial charge in [0.25, 0.3) is 0 Å². The van der Waals surface area contributed by atoms with Gasteiger partial charge in [0.05, 0.1) is 42.1 Å². The Morgan fingerprint density at radius 2 is 0.862 bits per heavy atom. The standard InChI is InChI=1S/C34H28N6O14S4/c1-15-7-17(3-5-25(15)37-39-31-27(57(49,50)51)11-19-9-21(55(43,44)45)13-23(35)29(19)33(31)41)18-4-6-26(16(2)8-18)38-40-32-28(58(52,53)54)12-20-10-22(56(46,47)48)14-24(36)30(20)34(32)42/h3-14,37-38H,35-36H2,1-2H3,(H,43,44,45)(H,46,47,48)(H,49,50,51)(H,52,53,54)/p-4. The molecule has 0 fully saturated rings. The van der Waals surface area contributed by atoms with Crippen molar-refractivity contribution in [2.75, 3.05) is 22.3 Å². The molecule has 0 bridgehead atoms. The number of nitrogens with two attached hydrogens (primary N) is 2. The smallest absolute Gasteiger partial charge is 0.217 e. The predicted molar refractivity (Wildman–Crippen MR) is 205 cm³/mol. The number of nitrogen functional groups attached to an aromatic ring is 2. The topological polar surface area (TPSA) is 364 Å². The molecule has 0 heterocycles. The number of carbonyl (C=O) groups excluding carboxylic acids is 2. The van der Waals surface area contributed by atoms with E-state index in [0.717, 1.165) is 24.3 Å². The quantitative estimate of drug-likeness (QED) is 0.106. The highest BCUT2D eigenvalue weighted by atomic mass is 32.2. The largest absolute Gasteiger partial charge is 0.744 e. The molecule has 24 heteroatoms. The van der Waals surface area contributed by atoms with Crippen LogP contribution in [0, 0.1) is 13.8 Å². The van der Waals surface area contributed by atoms with Gasteiger partial charge in [0.2, 0.25) is 11.6 Å². The van der Waals surface area contributed by atoms with Crippen molar-refractivity contribution in [3.8, 4) is 11.1 Å². The SMILES string of the molecule is Cc1cc(-c2ccc(NN=C3C(=O)c4c(N)cc(S(=O)(=O)[O-])cc4C=C3S(=O)(=O)[O-])c(C)c2)ccc1NN=C1C(=O)c2c(N)cc(S(=O)(=O)[O-])cc2C=C1S(=O)(=O)[O-]. The van der Waals surface area contributed by atoms with Crippen molar-refractivity contribution in [1.29, 1.82) is 0 Å². The number of ketones is 2. The van der Waals surface area contributed by atoms with Crippen LogP contribution in [0.25, 0.3) is 23.3 Å². The van der Waals surface area contributed by atoms with Crippen LogP contribution in [-0.4, -0.2) is 74.9 Å². The lowest BCUT2D eigenvalue weighted by Gasteiger charge is -2.22. The van der Waals surface area contributed by atoms with Gasteiger partial charge < -0.3 is 29.7 Å². The third-order valence-corrected chi connectivity index (χ3v) is 12.1. The van der Waals surface area contributed by atoms with Crippen LogP contribution in [-0.2, 0) is 40.5 Å². The number of nitrogens with one attached hydrogen (secondary N) is 2. The van der Waals surface area contributed by atoms with Crippen molar-refractivity contribution in [2.45, 2.75) is 23.6 Å². The van der Waals surface area contributed by atoms with Crippen molar-refractivity contribution in [1.82, 2.24) is 0 Å². The first-order valence-corrected chi connectivity index (χ1v) is 21.5. The summed E-state index contributed by atoms with van der Waals surface area (Å²) in [7, 11) is -20.9. The van der Waals surface area contributed by atoms with Gasteiger partial charge in [-0.15, -0.1) is 0 Å². The number of hydrogen-bond donors (Lipinski definition) is 4. The minimum atomic E-state index is -5.37. The summed E-state index contributed by atoms with van der Waals surface area (Å²) in [6, 6.07) is 12.5. The average Bonchev–Trinajstić information content (AvgIpc) is 3.09. The molecular formula is C34H24N6O14S4-4. The molecule has 4 aromatic rings. The fraction of sp³-hybridized carbons (Fsp3) is 0.0588. The number of hydrazone groups is 2. The summed E-state index contributed by atoms with van der Waals surface area (Å²) in [5, 5.41) is 7.77. The fourth-order valence-corrected chi connectivity index (χ4v) is 8.38. The summed E-state index contributed by atoms with van der Waals surface area (Å²) in [6.07, 6.45) is 1.39. The highest BCUT2D eigenvalue weighted by molar-refractivity contribution is 7.91. The Balaban J connectivity index is 1.27. The number of carbonyl (C=O) groups is 2. The number of allylic oxidation sites excluding steroid dienone is 2. The Morgan fingerprint density at radius 1 is 0.517 bits per heavy atom. The van der Waals surface area contributed by atoms with Crippen LogP contribution >= 0.6 is 0 Å². The highest BCUT2D eigenvalue weighted by Gasteiger charge is 2.33. The molecule has 6 rings (SSSR count). The zero-order chi connectivity index (χ0) is 42.9. The molecule has 0 aliphatic heterocycles. The van der Waals surface area contributed by atoms with E-state index in [0.29, 0.717) is 34.4 Å². The zero-order valence-corrected chi connectivity index (χ0v) is 32.6. The third-order valence-electron chi connectivity index (χ3n) is 8.75. The summed E-state index contributed by atoms with van der Waals surface area (Å²) >= 11 is 0. The molecule has 0 saturated heterocycles. The second kappa shape index (κ2) is 14.4. The second-order valence-electron chi connectivity index (χ2n) is 12.6. The number of Topliss-reactive ketones (excluding diaryl/α,β-unsaturated/α-hetero) is 2. The number of fused-ring (bicyclic) bond motifs is 2. The maximum absolute atomic E-state index is 13.3. The average molecular weight is 869 g/mol. The molecule has 0 atom stereocenters. The first kappa shape index (κ1) is 41.5. The van der Waals surface area contributed by atoms with Crippen LogP contribution in [0.3, 0.4) is 0 Å². The highest BCUT2D eigenvalue weighted by Crippen LogP contribution is 2.35. The summed E-state index contributed by atoms with van der Waals surface area (Å²) in [5.41, 5.74) is 15.4. The first-order chi connectivity index (χ1) is 26.8. The predicted octanol–water partition coefficient (Wildman–Crippen LogP) is 2.04. The Kier molecular flexibility index (Phi) is 10.3. The van der Waals surface area contributed by atoms with Crippen molar-refractivity contribution in [3.63, 3.8) is 0 Å². The molecule has 0 unspecified atom stereocenters. The van der Waals surface area contributed by atoms with Crippen LogP contribution in [0.1, 0.15) is 43.0 Å². The van der Waals surface area contributed by atoms with Gasteiger partial charge in [-0.2, -0.15) is 10.2 Å². The summed E-state index contributed by atoms with van der Waals surface area (Å²) in [6.45, 7) is 3.27. The third kappa shape index (κ3) is 8.02. The molecule has 0 saturated carbocycles. The molecule has 0 aromatic heterocycles. The van der Waals surface area contributed by atoms with Crippen LogP contribution in [0.2, 0.25) is 0 Å². The number of rotatable bonds is 9. The molecule has 6 N–H and O–H groups in total. The van der Waals surface area contributed by atoms with Gasteiger partial charge in [-0.1, -0.05) is 12.1 Å². The monoisotopic (exact) mass is 868 g/mol. The van der Waals surface area contributed by atoms with E-state index in [1.807, 2.05) is 0 Å². The number of hydrogen-bond acceptors (Lipinski definition) is 20. The van der Waals surface area contributed by atoms with E-state index in [9.17, 15) is 61.5 Å². The fourth-order valence-electron chi connectivity index (χ4n) is 6.00. The molecule has 2 aliphatic carbocycles. The van der Waals surface area contributed by atoms with Gasteiger partial charge in [0.1, 0.15) is 51.9 Å². The van der Waals surface area contributed by atoms with E-state index in [-0.39, 0.29) is 33.6 Å².